The molecule has 0 atom stereocenters. The fourth-order valence-corrected chi connectivity index (χ4v) is 2.98. The van der Waals surface area contributed by atoms with Crippen LogP contribution >= 0.6 is 11.6 Å². The minimum absolute atomic E-state index is 0.140. The van der Waals surface area contributed by atoms with Crippen LogP contribution in [0.4, 0.5) is 14.6 Å². The lowest BCUT2D eigenvalue weighted by Crippen LogP contribution is -2.02. The summed E-state index contributed by atoms with van der Waals surface area (Å²) in [5.74, 6) is -0.327. The second kappa shape index (κ2) is 11.4. The summed E-state index contributed by atoms with van der Waals surface area (Å²) in [6, 6.07) is 7.18. The first-order valence-corrected chi connectivity index (χ1v) is 10.4. The maximum Gasteiger partial charge on any atom is 0.162 e. The number of rotatable bonds is 5. The summed E-state index contributed by atoms with van der Waals surface area (Å²) >= 11 is 5.81. The number of benzene rings is 2. The molecule has 0 spiro atoms. The minimum atomic E-state index is -0.573. The van der Waals surface area contributed by atoms with Crippen LogP contribution in [-0.2, 0) is 0 Å². The summed E-state index contributed by atoms with van der Waals surface area (Å²) in [4.78, 5) is 8.84. The van der Waals surface area contributed by atoms with Crippen molar-refractivity contribution in [2.45, 2.75) is 27.2 Å². The second-order valence-corrected chi connectivity index (χ2v) is 7.12. The number of anilines is 1. The van der Waals surface area contributed by atoms with Gasteiger partial charge in [-0.25, -0.2) is 18.7 Å². The van der Waals surface area contributed by atoms with Crippen LogP contribution in [0.25, 0.3) is 27.6 Å². The van der Waals surface area contributed by atoms with Crippen molar-refractivity contribution in [3.05, 3.63) is 83.7 Å². The van der Waals surface area contributed by atoms with Crippen LogP contribution in [0.1, 0.15) is 33.0 Å². The first kappa shape index (κ1) is 24.2. The van der Waals surface area contributed by atoms with Crippen LogP contribution < -0.4 is 5.32 Å². The molecular formula is C25H26ClF2N3. The molecule has 1 heterocycles. The second-order valence-electron chi connectivity index (χ2n) is 6.68. The van der Waals surface area contributed by atoms with Gasteiger partial charge in [0.2, 0.25) is 0 Å². The molecule has 0 fully saturated rings. The Kier molecular flexibility index (Phi) is 8.88. The maximum atomic E-state index is 14.9. The van der Waals surface area contributed by atoms with E-state index < -0.39 is 11.6 Å². The molecule has 31 heavy (non-hydrogen) atoms. The molecule has 0 radical (unpaired) electrons. The van der Waals surface area contributed by atoms with Gasteiger partial charge in [-0.3, -0.25) is 0 Å². The number of fused-ring (bicyclic) bond motifs is 1. The van der Waals surface area contributed by atoms with Gasteiger partial charge in [0.1, 0.15) is 23.0 Å². The number of nitrogens with one attached hydrogen (secondary N) is 1. The Morgan fingerprint density at radius 3 is 2.42 bits per heavy atom. The highest BCUT2D eigenvalue weighted by atomic mass is 35.5. The predicted molar refractivity (Wildman–Crippen MR) is 128 cm³/mol. The van der Waals surface area contributed by atoms with Crippen LogP contribution in [0.15, 0.2) is 61.2 Å². The minimum Gasteiger partial charge on any atom is -0.373 e. The largest absolute Gasteiger partial charge is 0.373 e. The van der Waals surface area contributed by atoms with Crippen molar-refractivity contribution in [1.29, 1.82) is 0 Å². The van der Waals surface area contributed by atoms with Crippen LogP contribution in [0, 0.1) is 11.6 Å². The fraction of sp³-hybridized carbons (Fsp3) is 0.200. The van der Waals surface area contributed by atoms with Crippen LogP contribution in [0.3, 0.4) is 0 Å². The van der Waals surface area contributed by atoms with Gasteiger partial charge in [0.25, 0.3) is 0 Å². The third kappa shape index (κ3) is 5.76. The molecular weight excluding hydrogens is 416 g/mol. The Morgan fingerprint density at radius 2 is 1.84 bits per heavy atom. The smallest absolute Gasteiger partial charge is 0.162 e. The average Bonchev–Trinajstić information content (AvgIpc) is 2.74. The Bertz CT molecular complexity index is 1140. The highest BCUT2D eigenvalue weighted by Gasteiger charge is 2.16. The van der Waals surface area contributed by atoms with Crippen molar-refractivity contribution >= 4 is 33.9 Å². The molecule has 0 aliphatic carbocycles. The lowest BCUT2D eigenvalue weighted by molar-refractivity contribution is 0.628. The highest BCUT2D eigenvalue weighted by molar-refractivity contribution is 6.30. The Labute approximate surface area is 187 Å². The fourth-order valence-electron chi connectivity index (χ4n) is 2.82. The molecule has 0 amide bonds. The summed E-state index contributed by atoms with van der Waals surface area (Å²) in [7, 11) is 1.68. The lowest BCUT2D eigenvalue weighted by atomic mass is 10.0. The topological polar surface area (TPSA) is 37.8 Å². The third-order valence-electron chi connectivity index (χ3n) is 4.18. The molecule has 3 rings (SSSR count). The molecule has 2 aromatic carbocycles. The van der Waals surface area contributed by atoms with Crippen molar-refractivity contribution in [1.82, 2.24) is 9.97 Å². The van der Waals surface area contributed by atoms with E-state index in [9.17, 15) is 8.78 Å². The molecule has 3 aromatic rings. The molecule has 0 aliphatic rings. The zero-order valence-electron chi connectivity index (χ0n) is 18.1. The number of allylic oxidation sites excluding steroid dienone is 5. The van der Waals surface area contributed by atoms with Gasteiger partial charge in [-0.2, -0.15) is 0 Å². The predicted octanol–water partition coefficient (Wildman–Crippen LogP) is 7.83. The van der Waals surface area contributed by atoms with Crippen molar-refractivity contribution in [3.63, 3.8) is 0 Å². The summed E-state index contributed by atoms with van der Waals surface area (Å²) in [5, 5.41) is 3.69. The van der Waals surface area contributed by atoms with Crippen molar-refractivity contribution in [3.8, 4) is 11.1 Å². The van der Waals surface area contributed by atoms with E-state index in [4.69, 9.17) is 11.6 Å². The Morgan fingerprint density at radius 1 is 1.13 bits per heavy atom. The normalized spacial score (nSPS) is 11.4. The third-order valence-corrected chi connectivity index (χ3v) is 4.41. The van der Waals surface area contributed by atoms with Crippen molar-refractivity contribution in [2.24, 2.45) is 0 Å². The average molecular weight is 442 g/mol. The zero-order valence-corrected chi connectivity index (χ0v) is 18.9. The Balaban J connectivity index is 0.00000107. The van der Waals surface area contributed by atoms with E-state index in [0.29, 0.717) is 28.2 Å². The van der Waals surface area contributed by atoms with E-state index in [0.717, 1.165) is 0 Å². The van der Waals surface area contributed by atoms with Crippen molar-refractivity contribution < 1.29 is 8.78 Å². The quantitative estimate of drug-likeness (QED) is 0.410. The van der Waals surface area contributed by atoms with E-state index in [1.807, 2.05) is 19.1 Å². The highest BCUT2D eigenvalue weighted by Crippen LogP contribution is 2.32. The van der Waals surface area contributed by atoms with Gasteiger partial charge in [0.15, 0.2) is 5.82 Å². The van der Waals surface area contributed by atoms with Gasteiger partial charge in [-0.05, 0) is 42.8 Å². The van der Waals surface area contributed by atoms with E-state index >= 15 is 0 Å². The number of halogens is 3. The van der Waals surface area contributed by atoms with Crippen LogP contribution in [0.2, 0.25) is 5.02 Å². The maximum absolute atomic E-state index is 14.9. The molecule has 0 aliphatic heterocycles. The van der Waals surface area contributed by atoms with Gasteiger partial charge in [0, 0.05) is 28.6 Å². The van der Waals surface area contributed by atoms with E-state index in [-0.39, 0.29) is 16.1 Å². The first-order chi connectivity index (χ1) is 14.9. The van der Waals surface area contributed by atoms with Crippen molar-refractivity contribution in [2.75, 3.05) is 12.4 Å². The van der Waals surface area contributed by atoms with Gasteiger partial charge < -0.3 is 5.32 Å². The molecule has 0 bridgehead atoms. The molecule has 1 aromatic heterocycles. The van der Waals surface area contributed by atoms with E-state index in [1.165, 1.54) is 24.6 Å². The summed E-state index contributed by atoms with van der Waals surface area (Å²) in [6.07, 6.45) is 8.34. The van der Waals surface area contributed by atoms with E-state index in [2.05, 4.69) is 35.7 Å². The van der Waals surface area contributed by atoms with Gasteiger partial charge in [0.05, 0.1) is 0 Å². The number of nitrogens with zero attached hydrogens (tertiary/aromatic N) is 2. The molecule has 0 saturated heterocycles. The SMILES string of the molecule is C=C/C(=C\C=C/C)c1nc(NC)c2cc(-c3ccc(Cl)cc3F)cc(F)c2n1.CCC. The zero-order chi connectivity index (χ0) is 23.0. The standard InChI is InChI=1S/C22H18ClF2N3.C3H8/c1-4-6-7-13(5-2)21-27-20-17(22(26-3)28-21)10-14(11-19(20)25)16-9-8-15(23)12-18(16)24;1-3-2/h4-12H,2H2,1,3H3,(H,26,27,28);3H2,1-2H3/b6-4-,13-7+;. The number of hydrogen-bond donors (Lipinski definition) is 1. The number of hydrogen-bond acceptors (Lipinski definition) is 3. The lowest BCUT2D eigenvalue weighted by Gasteiger charge is -2.12. The van der Waals surface area contributed by atoms with Gasteiger partial charge in [-0.1, -0.05) is 62.8 Å². The van der Waals surface area contributed by atoms with Gasteiger partial charge in [-0.15, -0.1) is 0 Å². The molecule has 1 N–H and O–H groups in total. The summed E-state index contributed by atoms with van der Waals surface area (Å²) in [6.45, 7) is 9.90. The molecule has 0 saturated carbocycles. The monoisotopic (exact) mass is 441 g/mol. The molecule has 6 heteroatoms. The Hall–Kier alpha value is -3.05. The van der Waals surface area contributed by atoms with Gasteiger partial charge >= 0.3 is 0 Å². The molecule has 0 unspecified atom stereocenters. The number of aromatic nitrogens is 2. The first-order valence-electron chi connectivity index (χ1n) is 10.00. The van der Waals surface area contributed by atoms with Crippen LogP contribution in [0.5, 0.6) is 0 Å². The van der Waals surface area contributed by atoms with E-state index in [1.54, 1.807) is 31.3 Å². The summed E-state index contributed by atoms with van der Waals surface area (Å²) < 4.78 is 29.2. The summed E-state index contributed by atoms with van der Waals surface area (Å²) in [5.41, 5.74) is 1.42. The molecule has 3 nitrogen and oxygen atoms in total. The van der Waals surface area contributed by atoms with Crippen LogP contribution in [-0.4, -0.2) is 17.0 Å². The molecule has 162 valence electrons.